The number of fused-ring (bicyclic) bond motifs is 1. The summed E-state index contributed by atoms with van der Waals surface area (Å²) < 4.78 is 0. The minimum absolute atomic E-state index is 0.0658. The topological polar surface area (TPSA) is 49.4 Å². The van der Waals surface area contributed by atoms with Gasteiger partial charge in [-0.25, -0.2) is 0 Å². The molecule has 3 aromatic carbocycles. The van der Waals surface area contributed by atoms with Gasteiger partial charge < -0.3 is 10.2 Å². The van der Waals surface area contributed by atoms with Crippen LogP contribution in [0.1, 0.15) is 32.6 Å². The third-order valence-electron chi connectivity index (χ3n) is 5.03. The summed E-state index contributed by atoms with van der Waals surface area (Å²) in [5, 5.41) is 2.95. The van der Waals surface area contributed by atoms with Crippen LogP contribution in [0.25, 0.3) is 0 Å². The highest BCUT2D eigenvalue weighted by Crippen LogP contribution is 2.31. The van der Waals surface area contributed by atoms with E-state index in [2.05, 4.69) is 5.32 Å². The minimum Gasteiger partial charge on any atom is -0.348 e. The third kappa shape index (κ3) is 3.81. The van der Waals surface area contributed by atoms with Gasteiger partial charge in [0.05, 0.1) is 13.0 Å². The van der Waals surface area contributed by atoms with Gasteiger partial charge in [-0.15, -0.1) is 0 Å². The molecule has 0 radical (unpaired) electrons. The summed E-state index contributed by atoms with van der Waals surface area (Å²) in [6.07, 6.45) is 0.335. The molecule has 4 nitrogen and oxygen atoms in total. The summed E-state index contributed by atoms with van der Waals surface area (Å²) in [6.45, 7) is 3.07. The van der Waals surface area contributed by atoms with Crippen LogP contribution in [0.4, 0.5) is 5.69 Å². The first-order chi connectivity index (χ1) is 13.6. The van der Waals surface area contributed by atoms with Crippen molar-refractivity contribution < 1.29 is 9.59 Å². The number of anilines is 1. The molecular formula is C24H22N2O2. The van der Waals surface area contributed by atoms with E-state index in [1.165, 1.54) is 5.56 Å². The fourth-order valence-electron chi connectivity index (χ4n) is 3.45. The predicted molar refractivity (Wildman–Crippen MR) is 110 cm³/mol. The van der Waals surface area contributed by atoms with Crippen LogP contribution in [-0.4, -0.2) is 11.8 Å². The van der Waals surface area contributed by atoms with Gasteiger partial charge in [-0.3, -0.25) is 9.59 Å². The average molecular weight is 370 g/mol. The second-order valence-corrected chi connectivity index (χ2v) is 7.15. The fourth-order valence-corrected chi connectivity index (χ4v) is 3.45. The first kappa shape index (κ1) is 18.0. The van der Waals surface area contributed by atoms with Gasteiger partial charge in [-0.2, -0.15) is 0 Å². The molecule has 0 spiro atoms. The average Bonchev–Trinajstić information content (AvgIpc) is 3.02. The van der Waals surface area contributed by atoms with E-state index in [0.29, 0.717) is 25.1 Å². The summed E-state index contributed by atoms with van der Waals surface area (Å²) >= 11 is 0. The SMILES string of the molecule is Cc1ccc(CNC(=O)c2ccc3c(c2)CC(=O)N3Cc2ccccc2)cc1. The highest BCUT2D eigenvalue weighted by atomic mass is 16.2. The molecule has 1 N–H and O–H groups in total. The number of nitrogens with zero attached hydrogens (tertiary/aromatic N) is 1. The third-order valence-corrected chi connectivity index (χ3v) is 5.03. The molecule has 4 heteroatoms. The molecule has 0 unspecified atom stereocenters. The molecule has 0 fully saturated rings. The van der Waals surface area contributed by atoms with Crippen LogP contribution < -0.4 is 10.2 Å². The Labute approximate surface area is 164 Å². The second-order valence-electron chi connectivity index (χ2n) is 7.15. The van der Waals surface area contributed by atoms with Gasteiger partial charge in [0.15, 0.2) is 0 Å². The fraction of sp³-hybridized carbons (Fsp3) is 0.167. The minimum atomic E-state index is -0.127. The van der Waals surface area contributed by atoms with Gasteiger partial charge in [0.25, 0.3) is 5.91 Å². The maximum Gasteiger partial charge on any atom is 0.251 e. The number of carbonyl (C=O) groups excluding carboxylic acids is 2. The lowest BCUT2D eigenvalue weighted by molar-refractivity contribution is -0.117. The van der Waals surface area contributed by atoms with E-state index >= 15 is 0 Å². The molecule has 28 heavy (non-hydrogen) atoms. The molecular weight excluding hydrogens is 348 g/mol. The molecule has 1 aliphatic heterocycles. The van der Waals surface area contributed by atoms with Gasteiger partial charge in [0.2, 0.25) is 5.91 Å². The molecule has 2 amide bonds. The molecule has 1 heterocycles. The molecule has 140 valence electrons. The number of aryl methyl sites for hydroxylation is 1. The molecule has 4 rings (SSSR count). The van der Waals surface area contributed by atoms with Crippen LogP contribution in [0.3, 0.4) is 0 Å². The molecule has 0 aliphatic carbocycles. The first-order valence-corrected chi connectivity index (χ1v) is 9.41. The van der Waals surface area contributed by atoms with Crippen molar-refractivity contribution in [1.82, 2.24) is 5.32 Å². The lowest BCUT2D eigenvalue weighted by Gasteiger charge is -2.18. The number of hydrogen-bond donors (Lipinski definition) is 1. The van der Waals surface area contributed by atoms with E-state index in [0.717, 1.165) is 22.4 Å². The zero-order valence-corrected chi connectivity index (χ0v) is 15.8. The van der Waals surface area contributed by atoms with E-state index in [9.17, 15) is 9.59 Å². The monoisotopic (exact) mass is 370 g/mol. The van der Waals surface area contributed by atoms with Crippen molar-refractivity contribution in [3.05, 3.63) is 101 Å². The van der Waals surface area contributed by atoms with Crippen LogP contribution >= 0.6 is 0 Å². The Morgan fingerprint density at radius 1 is 0.964 bits per heavy atom. The smallest absolute Gasteiger partial charge is 0.251 e. The number of carbonyl (C=O) groups is 2. The summed E-state index contributed by atoms with van der Waals surface area (Å²) in [5.74, 6) is -0.0617. The van der Waals surface area contributed by atoms with Crippen molar-refractivity contribution in [3.63, 3.8) is 0 Å². The molecule has 0 atom stereocenters. The maximum absolute atomic E-state index is 12.5. The first-order valence-electron chi connectivity index (χ1n) is 9.41. The largest absolute Gasteiger partial charge is 0.348 e. The summed E-state index contributed by atoms with van der Waals surface area (Å²) in [6, 6.07) is 23.5. The zero-order valence-electron chi connectivity index (χ0n) is 15.8. The number of rotatable bonds is 5. The highest BCUT2D eigenvalue weighted by Gasteiger charge is 2.28. The molecule has 3 aromatic rings. The van der Waals surface area contributed by atoms with Crippen molar-refractivity contribution in [3.8, 4) is 0 Å². The van der Waals surface area contributed by atoms with Crippen LogP contribution in [0.5, 0.6) is 0 Å². The zero-order chi connectivity index (χ0) is 19.5. The van der Waals surface area contributed by atoms with Crippen molar-refractivity contribution in [2.75, 3.05) is 4.90 Å². The van der Waals surface area contributed by atoms with Gasteiger partial charge in [0, 0.05) is 17.8 Å². The molecule has 1 aliphatic rings. The van der Waals surface area contributed by atoms with Crippen molar-refractivity contribution >= 4 is 17.5 Å². The summed E-state index contributed by atoms with van der Waals surface area (Å²) in [7, 11) is 0. The van der Waals surface area contributed by atoms with E-state index in [-0.39, 0.29) is 11.8 Å². The summed E-state index contributed by atoms with van der Waals surface area (Å²) in [5.41, 5.74) is 5.72. The number of nitrogens with one attached hydrogen (secondary N) is 1. The second kappa shape index (κ2) is 7.69. The maximum atomic E-state index is 12.5. The summed E-state index contributed by atoms with van der Waals surface area (Å²) in [4.78, 5) is 26.8. The van der Waals surface area contributed by atoms with Crippen LogP contribution in [0, 0.1) is 6.92 Å². The van der Waals surface area contributed by atoms with Gasteiger partial charge in [0.1, 0.15) is 0 Å². The van der Waals surface area contributed by atoms with Crippen molar-refractivity contribution in [2.45, 2.75) is 26.4 Å². The van der Waals surface area contributed by atoms with Crippen molar-refractivity contribution in [2.24, 2.45) is 0 Å². The lowest BCUT2D eigenvalue weighted by Crippen LogP contribution is -2.26. The van der Waals surface area contributed by atoms with E-state index < -0.39 is 0 Å². The predicted octanol–water partition coefficient (Wildman–Crippen LogP) is 4.01. The van der Waals surface area contributed by atoms with Crippen molar-refractivity contribution in [1.29, 1.82) is 0 Å². The van der Waals surface area contributed by atoms with E-state index in [1.54, 1.807) is 11.0 Å². The lowest BCUT2D eigenvalue weighted by atomic mass is 10.1. The number of amides is 2. The van der Waals surface area contributed by atoms with Crippen LogP contribution in [0.15, 0.2) is 72.8 Å². The molecule has 0 saturated carbocycles. The van der Waals surface area contributed by atoms with E-state index in [4.69, 9.17) is 0 Å². The number of hydrogen-bond acceptors (Lipinski definition) is 2. The molecule has 0 saturated heterocycles. The quantitative estimate of drug-likeness (QED) is 0.738. The Kier molecular flexibility index (Phi) is 4.94. The molecule has 0 aromatic heterocycles. The number of benzene rings is 3. The van der Waals surface area contributed by atoms with Gasteiger partial charge in [-0.1, -0.05) is 60.2 Å². The Balaban J connectivity index is 1.46. The molecule has 0 bridgehead atoms. The Morgan fingerprint density at radius 2 is 1.71 bits per heavy atom. The van der Waals surface area contributed by atoms with Gasteiger partial charge in [-0.05, 0) is 41.8 Å². The Bertz CT molecular complexity index is 1010. The van der Waals surface area contributed by atoms with E-state index in [1.807, 2.05) is 73.7 Å². The van der Waals surface area contributed by atoms with Crippen LogP contribution in [-0.2, 0) is 24.3 Å². The Morgan fingerprint density at radius 3 is 2.46 bits per heavy atom. The normalized spacial score (nSPS) is 12.8. The van der Waals surface area contributed by atoms with Crippen LogP contribution in [0.2, 0.25) is 0 Å². The Hall–Kier alpha value is -3.40. The standard InChI is InChI=1S/C24H22N2O2/c1-17-7-9-18(10-8-17)15-25-24(28)20-11-12-22-21(13-20)14-23(27)26(22)16-19-5-3-2-4-6-19/h2-13H,14-16H2,1H3,(H,25,28). The highest BCUT2D eigenvalue weighted by molar-refractivity contribution is 6.03. The van der Waals surface area contributed by atoms with Gasteiger partial charge >= 0.3 is 0 Å².